The van der Waals surface area contributed by atoms with Crippen LogP contribution >= 0.6 is 11.6 Å². The predicted octanol–water partition coefficient (Wildman–Crippen LogP) is 5.71. The van der Waals surface area contributed by atoms with E-state index in [-0.39, 0.29) is 29.3 Å². The van der Waals surface area contributed by atoms with Crippen LogP contribution in [0.4, 0.5) is 5.69 Å². The van der Waals surface area contributed by atoms with Crippen LogP contribution in [0.25, 0.3) is 0 Å². The number of carbonyl (C=O) groups is 1. The maximum absolute atomic E-state index is 13.7. The summed E-state index contributed by atoms with van der Waals surface area (Å²) < 4.78 is 29.4. The molecule has 2 N–H and O–H groups in total. The Balaban J connectivity index is 1.42. The highest BCUT2D eigenvalue weighted by Crippen LogP contribution is 2.47. The highest BCUT2D eigenvalue weighted by Gasteiger charge is 2.44. The first-order chi connectivity index (χ1) is 21.2. The van der Waals surface area contributed by atoms with Crippen LogP contribution in [0.3, 0.4) is 0 Å². The molecule has 2 bridgehead atoms. The minimum absolute atomic E-state index is 0.0194. The van der Waals surface area contributed by atoms with Gasteiger partial charge in [0.05, 0.1) is 41.3 Å². The Bertz CT molecular complexity index is 1510. The molecule has 238 valence electrons. The van der Waals surface area contributed by atoms with E-state index in [1.165, 1.54) is 11.1 Å². The molecule has 2 aromatic rings. The summed E-state index contributed by atoms with van der Waals surface area (Å²) in [4.78, 5) is 16.0. The number of carbonyl (C=O) groups excluding carboxylic acids is 1. The summed E-state index contributed by atoms with van der Waals surface area (Å²) in [6.45, 7) is 4.36. The number of aliphatic hydroxyl groups excluding tert-OH is 1. The highest BCUT2D eigenvalue weighted by atomic mass is 35.5. The van der Waals surface area contributed by atoms with Crippen molar-refractivity contribution in [3.63, 3.8) is 0 Å². The van der Waals surface area contributed by atoms with Gasteiger partial charge in [0, 0.05) is 34.3 Å². The van der Waals surface area contributed by atoms with Crippen LogP contribution in [-0.4, -0.2) is 65.4 Å². The number of amides is 1. The normalized spacial score (nSPS) is 32.8. The van der Waals surface area contributed by atoms with Crippen molar-refractivity contribution < 1.29 is 23.6 Å². The number of rotatable bonds is 4. The fourth-order valence-electron chi connectivity index (χ4n) is 7.78. The van der Waals surface area contributed by atoms with E-state index in [9.17, 15) is 14.1 Å². The summed E-state index contributed by atoms with van der Waals surface area (Å²) in [5, 5.41) is 10.1. The minimum atomic E-state index is -2.89. The number of nitrogens with one attached hydrogen (secondary N) is 1. The monoisotopic (exact) mass is 640 g/mol. The molecule has 4 aliphatic rings. The zero-order valence-electron chi connectivity index (χ0n) is 25.6. The van der Waals surface area contributed by atoms with Gasteiger partial charge in [-0.25, -0.2) is 4.21 Å². The second-order valence-corrected chi connectivity index (χ2v) is 15.8. The summed E-state index contributed by atoms with van der Waals surface area (Å²) >= 11 is 6.43. The van der Waals surface area contributed by atoms with Crippen LogP contribution in [-0.2, 0) is 26.3 Å². The fourth-order valence-corrected chi connectivity index (χ4v) is 9.63. The Morgan fingerprint density at radius 3 is 2.86 bits per heavy atom. The molecule has 2 heterocycles. The number of hydrogen-bond acceptors (Lipinski definition) is 6. The second kappa shape index (κ2) is 13.1. The molecule has 1 fully saturated rings. The number of halogens is 1. The summed E-state index contributed by atoms with van der Waals surface area (Å²) in [5.41, 5.74) is 3.71. The highest BCUT2D eigenvalue weighted by molar-refractivity contribution is 7.99. The van der Waals surface area contributed by atoms with Gasteiger partial charge in [-0.1, -0.05) is 36.7 Å². The van der Waals surface area contributed by atoms with E-state index in [0.29, 0.717) is 49.9 Å². The van der Waals surface area contributed by atoms with Gasteiger partial charge in [0.2, 0.25) is 0 Å². The number of ether oxygens (including phenoxy) is 2. The third-order valence-corrected chi connectivity index (χ3v) is 12.7. The van der Waals surface area contributed by atoms with Crippen molar-refractivity contribution in [3.05, 3.63) is 70.3 Å². The van der Waals surface area contributed by atoms with Crippen LogP contribution in [0, 0.1) is 11.8 Å². The predicted molar refractivity (Wildman–Crippen MR) is 178 cm³/mol. The quantitative estimate of drug-likeness (QED) is 0.329. The Hall–Kier alpha value is -2.52. The largest absolute Gasteiger partial charge is 0.490 e. The van der Waals surface area contributed by atoms with Crippen molar-refractivity contribution in [2.45, 2.75) is 75.1 Å². The van der Waals surface area contributed by atoms with Gasteiger partial charge < -0.3 is 19.5 Å². The first kappa shape index (κ1) is 31.5. The summed E-state index contributed by atoms with van der Waals surface area (Å²) in [5.74, 6) is 5.08. The smallest absolute Gasteiger partial charge is 0.262 e. The van der Waals surface area contributed by atoms with E-state index in [4.69, 9.17) is 21.1 Å². The molecule has 0 saturated heterocycles. The lowest BCUT2D eigenvalue weighted by atomic mass is 9.68. The van der Waals surface area contributed by atoms with Crippen molar-refractivity contribution in [2.75, 3.05) is 37.8 Å². The molecule has 1 saturated carbocycles. The third-order valence-electron chi connectivity index (χ3n) is 10.3. The zero-order chi connectivity index (χ0) is 30.9. The van der Waals surface area contributed by atoms with E-state index in [0.717, 1.165) is 61.7 Å². The molecule has 0 aromatic heterocycles. The van der Waals surface area contributed by atoms with Crippen molar-refractivity contribution in [2.24, 2.45) is 11.8 Å². The molecule has 2 aliphatic heterocycles. The fraction of sp³-hybridized carbons (Fsp3) is 0.543. The maximum Gasteiger partial charge on any atom is 0.262 e. The van der Waals surface area contributed by atoms with E-state index in [2.05, 4.69) is 39.8 Å². The molecule has 0 radical (unpaired) electrons. The van der Waals surface area contributed by atoms with Crippen LogP contribution in [0.15, 0.2) is 48.6 Å². The molecule has 1 amide bonds. The van der Waals surface area contributed by atoms with Crippen molar-refractivity contribution in [1.82, 2.24) is 4.72 Å². The Kier molecular flexibility index (Phi) is 9.35. The first-order valence-corrected chi connectivity index (χ1v) is 18.3. The molecule has 44 heavy (non-hydrogen) atoms. The van der Waals surface area contributed by atoms with Crippen LogP contribution < -0.4 is 14.4 Å². The van der Waals surface area contributed by atoms with E-state index < -0.39 is 9.71 Å². The summed E-state index contributed by atoms with van der Waals surface area (Å²) in [7, 11) is -2.89. The van der Waals surface area contributed by atoms with E-state index in [1.807, 2.05) is 25.1 Å². The number of anilines is 1. The SMILES string of the molecule is C=S1(=O)NC(=O)c2ccc3c(c2)N(C[C@@H]2CC[C@H]2[C@@H](OCCO)/C=C/CC[C@H]1CC)C[C@@]1(CCCc2cc(Cl)ccc21)CO3. The van der Waals surface area contributed by atoms with Gasteiger partial charge in [0.1, 0.15) is 5.75 Å². The average molecular weight is 641 g/mol. The maximum atomic E-state index is 13.7. The number of allylic oxidation sites excluding steroid dienone is 1. The molecule has 6 rings (SSSR count). The van der Waals surface area contributed by atoms with E-state index >= 15 is 0 Å². The Labute approximate surface area is 267 Å². The number of aryl methyl sites for hydroxylation is 1. The van der Waals surface area contributed by atoms with Crippen molar-refractivity contribution >= 4 is 38.8 Å². The van der Waals surface area contributed by atoms with Crippen LogP contribution in [0.2, 0.25) is 5.02 Å². The van der Waals surface area contributed by atoms with Gasteiger partial charge in [0.25, 0.3) is 5.91 Å². The topological polar surface area (TPSA) is 88.1 Å². The summed E-state index contributed by atoms with van der Waals surface area (Å²) in [6, 6.07) is 11.8. The van der Waals surface area contributed by atoms with Crippen LogP contribution in [0.1, 0.15) is 73.4 Å². The first-order valence-electron chi connectivity index (χ1n) is 16.1. The minimum Gasteiger partial charge on any atom is -0.490 e. The third kappa shape index (κ3) is 6.28. The Morgan fingerprint density at radius 2 is 2.09 bits per heavy atom. The van der Waals surface area contributed by atoms with Crippen LogP contribution in [0.5, 0.6) is 5.75 Å². The van der Waals surface area contributed by atoms with Gasteiger partial charge in [-0.2, -0.15) is 0 Å². The zero-order valence-corrected chi connectivity index (χ0v) is 27.2. The van der Waals surface area contributed by atoms with Gasteiger partial charge >= 0.3 is 0 Å². The van der Waals surface area contributed by atoms with Crippen molar-refractivity contribution in [3.8, 4) is 5.75 Å². The lowest BCUT2D eigenvalue weighted by Gasteiger charge is -2.46. The molecule has 6 atom stereocenters. The second-order valence-electron chi connectivity index (χ2n) is 13.0. The molecule has 7 nitrogen and oxygen atoms in total. The van der Waals surface area contributed by atoms with E-state index in [1.54, 1.807) is 6.07 Å². The molecule has 1 unspecified atom stereocenters. The molecule has 9 heteroatoms. The standard InChI is InChI=1S/C35H45ClN2O5S/c1-3-28-8-4-5-9-32(42-18-17-39)29-13-10-26(29)21-38-22-35(16-6-7-24-19-27(36)12-14-30(24)35)23-43-33-15-11-25(20-31(33)38)34(40)37-44(28,2)41/h5,9,11-12,14-15,19-20,26,28-29,32,39H,2-4,6-8,10,13,16-18,21-23H2,1H3,(H,37,40,41)/b9-5+/t26-,28+,29+,32-,35-,44?/m0/s1. The Morgan fingerprint density at radius 1 is 1.23 bits per heavy atom. The summed E-state index contributed by atoms with van der Waals surface area (Å²) in [6.07, 6.45) is 11.4. The number of aliphatic hydroxyl groups is 1. The number of fused-ring (bicyclic) bond motifs is 4. The number of nitrogens with zero attached hydrogens (tertiary/aromatic N) is 1. The lowest BCUT2D eigenvalue weighted by molar-refractivity contribution is -0.0257. The van der Waals surface area contributed by atoms with Crippen molar-refractivity contribution in [1.29, 1.82) is 0 Å². The van der Waals surface area contributed by atoms with Gasteiger partial charge in [-0.3, -0.25) is 9.52 Å². The molecule has 2 aromatic carbocycles. The average Bonchev–Trinajstić information content (AvgIpc) is 3.13. The molecule has 2 aliphatic carbocycles. The molecular weight excluding hydrogens is 596 g/mol. The number of benzene rings is 2. The molecule has 1 spiro atoms. The molecular formula is C35H45ClN2O5S. The van der Waals surface area contributed by atoms with Gasteiger partial charge in [-0.05, 0) is 111 Å². The van der Waals surface area contributed by atoms with Gasteiger partial charge in [-0.15, -0.1) is 0 Å². The lowest BCUT2D eigenvalue weighted by Crippen LogP contribution is -2.49. The number of hydrogen-bond donors (Lipinski definition) is 2. The van der Waals surface area contributed by atoms with Gasteiger partial charge in [0.15, 0.2) is 0 Å².